The highest BCUT2D eigenvalue weighted by Gasteiger charge is 2.26. The average molecular weight is 423 g/mol. The highest BCUT2D eigenvalue weighted by atomic mass is 32.2. The minimum Gasteiger partial charge on any atom is -0.508 e. The number of phenols is 1. The Bertz CT molecular complexity index is 976. The van der Waals surface area contributed by atoms with Crippen LogP contribution in [0.1, 0.15) is 48.1 Å². The maximum atomic E-state index is 12.2. The molecule has 1 aromatic carbocycles. The fourth-order valence-electron chi connectivity index (χ4n) is 2.37. The lowest BCUT2D eigenvalue weighted by atomic mass is 10.1. The lowest BCUT2D eigenvalue weighted by Gasteiger charge is -2.18. The first-order valence-electron chi connectivity index (χ1n) is 8.97. The van der Waals surface area contributed by atoms with Crippen LogP contribution in [-0.2, 0) is 10.0 Å². The molecule has 2 aromatic rings. The molecule has 1 heterocycles. The molecule has 0 saturated carbocycles. The van der Waals surface area contributed by atoms with Crippen LogP contribution in [0.3, 0.4) is 0 Å². The third-order valence-corrected chi connectivity index (χ3v) is 5.17. The molecule has 0 unspecified atom stereocenters. The predicted molar refractivity (Wildman–Crippen MR) is 106 cm³/mol. The molecule has 0 aliphatic rings. The summed E-state index contributed by atoms with van der Waals surface area (Å²) >= 11 is 0. The number of aromatic hydroxyl groups is 1. The van der Waals surface area contributed by atoms with Gasteiger partial charge in [-0.2, -0.15) is 0 Å². The minimum absolute atomic E-state index is 0.00226. The Balaban J connectivity index is 1.79. The van der Waals surface area contributed by atoms with Crippen LogP contribution in [0, 0.1) is 0 Å². The fraction of sp³-hybridized carbons (Fsp3) is 0.368. The number of nitrogens with one attached hydrogen (secondary N) is 3. The summed E-state index contributed by atoms with van der Waals surface area (Å²) < 4.78 is 32.0. The number of sulfonamides is 1. The van der Waals surface area contributed by atoms with Crippen LogP contribution >= 0.6 is 0 Å². The number of furan rings is 1. The van der Waals surface area contributed by atoms with E-state index in [1.54, 1.807) is 32.9 Å². The van der Waals surface area contributed by atoms with Crippen LogP contribution in [0.25, 0.3) is 0 Å². The Labute approximate surface area is 169 Å². The van der Waals surface area contributed by atoms with Gasteiger partial charge in [0.2, 0.25) is 5.09 Å². The number of carbonyl (C=O) groups is 2. The van der Waals surface area contributed by atoms with Crippen molar-refractivity contribution < 1.29 is 27.5 Å². The van der Waals surface area contributed by atoms with Gasteiger partial charge >= 0.3 is 0 Å². The number of phenolic OH excluding ortho intramolecular Hbond substituents is 1. The molecular formula is C19H25N3O6S. The van der Waals surface area contributed by atoms with Crippen molar-refractivity contribution in [3.8, 4) is 5.75 Å². The van der Waals surface area contributed by atoms with Crippen molar-refractivity contribution in [2.24, 2.45) is 0 Å². The summed E-state index contributed by atoms with van der Waals surface area (Å²) in [6.45, 7) is 5.64. The Morgan fingerprint density at radius 1 is 1.03 bits per heavy atom. The molecular weight excluding hydrogens is 398 g/mol. The monoisotopic (exact) mass is 423 g/mol. The third-order valence-electron chi connectivity index (χ3n) is 3.54. The van der Waals surface area contributed by atoms with Gasteiger partial charge in [-0.3, -0.25) is 9.59 Å². The van der Waals surface area contributed by atoms with Crippen molar-refractivity contribution in [1.29, 1.82) is 0 Å². The van der Waals surface area contributed by atoms with E-state index >= 15 is 0 Å². The smallest absolute Gasteiger partial charge is 0.287 e. The van der Waals surface area contributed by atoms with Gasteiger partial charge in [-0.1, -0.05) is 6.07 Å². The Morgan fingerprint density at radius 3 is 2.31 bits per heavy atom. The summed E-state index contributed by atoms with van der Waals surface area (Å²) in [5.74, 6) is -1.01. The second-order valence-corrected chi connectivity index (χ2v) is 9.00. The minimum atomic E-state index is -3.86. The number of hydrogen-bond donors (Lipinski definition) is 4. The first-order valence-corrected chi connectivity index (χ1v) is 10.5. The topological polar surface area (TPSA) is 138 Å². The van der Waals surface area contributed by atoms with Crippen molar-refractivity contribution in [3.63, 3.8) is 0 Å². The highest BCUT2D eigenvalue weighted by Crippen LogP contribution is 2.16. The van der Waals surface area contributed by atoms with Crippen LogP contribution in [0.4, 0.5) is 0 Å². The van der Waals surface area contributed by atoms with Gasteiger partial charge in [-0.05, 0) is 57.5 Å². The first kappa shape index (κ1) is 22.4. The molecule has 4 N–H and O–H groups in total. The van der Waals surface area contributed by atoms with Crippen LogP contribution in [0.5, 0.6) is 5.75 Å². The standard InChI is InChI=1S/C19H25N3O6S/c1-19(2,3)22-29(26,27)16-9-8-15(28-16)18(25)21-11-5-10-20-17(24)13-6-4-7-14(23)12-13/h4,6-9,12,22-23H,5,10-11H2,1-3H3,(H,20,24)(H,21,25). The zero-order valence-corrected chi connectivity index (χ0v) is 17.3. The molecule has 158 valence electrons. The molecule has 0 spiro atoms. The summed E-state index contributed by atoms with van der Waals surface area (Å²) in [4.78, 5) is 24.0. The molecule has 0 aliphatic carbocycles. The van der Waals surface area contributed by atoms with E-state index in [1.165, 1.54) is 24.3 Å². The largest absolute Gasteiger partial charge is 0.508 e. The van der Waals surface area contributed by atoms with Crippen LogP contribution in [0.15, 0.2) is 45.9 Å². The van der Waals surface area contributed by atoms with Crippen LogP contribution in [-0.4, -0.2) is 44.0 Å². The summed E-state index contributed by atoms with van der Waals surface area (Å²) in [6, 6.07) is 8.48. The van der Waals surface area contributed by atoms with E-state index in [4.69, 9.17) is 4.42 Å². The normalized spacial score (nSPS) is 11.8. The van der Waals surface area contributed by atoms with Crippen LogP contribution in [0.2, 0.25) is 0 Å². The SMILES string of the molecule is CC(C)(C)NS(=O)(=O)c1ccc(C(=O)NCCCNC(=O)c2cccc(O)c2)o1. The van der Waals surface area contributed by atoms with Gasteiger partial charge in [0.05, 0.1) is 0 Å². The summed E-state index contributed by atoms with van der Waals surface area (Å²) in [7, 11) is -3.86. The van der Waals surface area contributed by atoms with Gasteiger partial charge < -0.3 is 20.2 Å². The molecule has 10 heteroatoms. The van der Waals surface area contributed by atoms with Crippen LogP contribution < -0.4 is 15.4 Å². The number of rotatable bonds is 8. The summed E-state index contributed by atoms with van der Waals surface area (Å²) in [5, 5.41) is 14.3. The Kier molecular flexibility index (Phi) is 7.04. The summed E-state index contributed by atoms with van der Waals surface area (Å²) in [6.07, 6.45) is 0.452. The molecule has 0 radical (unpaired) electrons. The van der Waals surface area contributed by atoms with Crippen molar-refractivity contribution in [2.75, 3.05) is 13.1 Å². The predicted octanol–water partition coefficient (Wildman–Crippen LogP) is 1.61. The lowest BCUT2D eigenvalue weighted by molar-refractivity contribution is 0.0920. The van der Waals surface area contributed by atoms with Gasteiger partial charge in [0.15, 0.2) is 5.76 Å². The van der Waals surface area contributed by atoms with Crippen molar-refractivity contribution in [3.05, 3.63) is 47.7 Å². The fourth-order valence-corrected chi connectivity index (χ4v) is 3.72. The number of hydrogen-bond acceptors (Lipinski definition) is 6. The van der Waals surface area contributed by atoms with E-state index in [0.29, 0.717) is 18.5 Å². The van der Waals surface area contributed by atoms with Crippen molar-refractivity contribution >= 4 is 21.8 Å². The Hall–Kier alpha value is -2.85. The molecule has 0 aliphatic heterocycles. The molecule has 0 fully saturated rings. The number of carbonyl (C=O) groups excluding carboxylic acids is 2. The van der Waals surface area contributed by atoms with Gasteiger partial charge in [-0.15, -0.1) is 0 Å². The molecule has 9 nitrogen and oxygen atoms in total. The van der Waals surface area contributed by atoms with E-state index in [1.807, 2.05) is 0 Å². The highest BCUT2D eigenvalue weighted by molar-refractivity contribution is 7.89. The first-order chi connectivity index (χ1) is 13.5. The zero-order chi connectivity index (χ0) is 21.7. The van der Waals surface area contributed by atoms with Crippen molar-refractivity contribution in [2.45, 2.75) is 37.8 Å². The van der Waals surface area contributed by atoms with Crippen molar-refractivity contribution in [1.82, 2.24) is 15.4 Å². The molecule has 0 atom stereocenters. The van der Waals surface area contributed by atoms with E-state index in [-0.39, 0.29) is 29.1 Å². The van der Waals surface area contributed by atoms with Gasteiger partial charge in [-0.25, -0.2) is 13.1 Å². The van der Waals surface area contributed by atoms with Gasteiger partial charge in [0.25, 0.3) is 21.8 Å². The molecule has 0 saturated heterocycles. The molecule has 2 amide bonds. The maximum absolute atomic E-state index is 12.2. The molecule has 2 rings (SSSR count). The summed E-state index contributed by atoms with van der Waals surface area (Å²) in [5.41, 5.74) is -0.348. The zero-order valence-electron chi connectivity index (χ0n) is 16.5. The maximum Gasteiger partial charge on any atom is 0.287 e. The van der Waals surface area contributed by atoms with E-state index in [9.17, 15) is 23.1 Å². The molecule has 1 aromatic heterocycles. The van der Waals surface area contributed by atoms with Gasteiger partial charge in [0, 0.05) is 24.2 Å². The second-order valence-electron chi connectivity index (χ2n) is 7.39. The van der Waals surface area contributed by atoms with E-state index in [2.05, 4.69) is 15.4 Å². The third kappa shape index (κ3) is 6.91. The van der Waals surface area contributed by atoms with E-state index < -0.39 is 21.5 Å². The Morgan fingerprint density at radius 2 is 1.69 bits per heavy atom. The number of amides is 2. The molecule has 29 heavy (non-hydrogen) atoms. The average Bonchev–Trinajstić information content (AvgIpc) is 3.10. The second kappa shape index (κ2) is 9.10. The molecule has 0 bridgehead atoms. The number of benzene rings is 1. The van der Waals surface area contributed by atoms with E-state index in [0.717, 1.165) is 0 Å². The quantitative estimate of drug-likeness (QED) is 0.476. The lowest BCUT2D eigenvalue weighted by Crippen LogP contribution is -2.40. The van der Waals surface area contributed by atoms with Gasteiger partial charge in [0.1, 0.15) is 5.75 Å².